The van der Waals surface area contributed by atoms with Gasteiger partial charge in [-0.3, -0.25) is 4.79 Å². The van der Waals surface area contributed by atoms with E-state index in [1.807, 2.05) is 31.2 Å². The van der Waals surface area contributed by atoms with Crippen LogP contribution < -0.4 is 10.6 Å². The number of hydrogen-bond donors (Lipinski definition) is 1. The lowest BCUT2D eigenvalue weighted by atomic mass is 10.00. The van der Waals surface area contributed by atoms with E-state index in [4.69, 9.17) is 10.7 Å². The second-order valence-electron chi connectivity index (χ2n) is 6.50. The van der Waals surface area contributed by atoms with Crippen LogP contribution in [0.1, 0.15) is 28.8 Å². The SMILES string of the molecule is Cc1c(C(N)=O)c(N2CCC(N(C)C)CC2)nc2ccccc12. The van der Waals surface area contributed by atoms with Gasteiger partial charge in [-0.2, -0.15) is 0 Å². The molecule has 23 heavy (non-hydrogen) atoms. The molecule has 1 aromatic heterocycles. The molecule has 1 amide bonds. The van der Waals surface area contributed by atoms with E-state index in [0.29, 0.717) is 11.6 Å². The Morgan fingerprint density at radius 1 is 1.26 bits per heavy atom. The smallest absolute Gasteiger partial charge is 0.252 e. The van der Waals surface area contributed by atoms with Crippen molar-refractivity contribution < 1.29 is 4.79 Å². The molecule has 1 fully saturated rings. The molecule has 1 aliphatic rings. The number of primary amides is 1. The summed E-state index contributed by atoms with van der Waals surface area (Å²) in [6, 6.07) is 8.50. The zero-order valence-electron chi connectivity index (χ0n) is 14.0. The fourth-order valence-electron chi connectivity index (χ4n) is 3.48. The molecule has 0 atom stereocenters. The number of aryl methyl sites for hydroxylation is 1. The summed E-state index contributed by atoms with van der Waals surface area (Å²) in [6.45, 7) is 3.75. The average Bonchev–Trinajstić information content (AvgIpc) is 2.54. The van der Waals surface area contributed by atoms with Gasteiger partial charge >= 0.3 is 0 Å². The number of hydrogen-bond acceptors (Lipinski definition) is 4. The van der Waals surface area contributed by atoms with Crippen molar-refractivity contribution in [3.8, 4) is 0 Å². The highest BCUT2D eigenvalue weighted by molar-refractivity contribution is 6.04. The Bertz CT molecular complexity index is 733. The minimum absolute atomic E-state index is 0.398. The summed E-state index contributed by atoms with van der Waals surface area (Å²) in [6.07, 6.45) is 2.14. The van der Waals surface area contributed by atoms with Gasteiger partial charge < -0.3 is 15.5 Å². The summed E-state index contributed by atoms with van der Waals surface area (Å²) >= 11 is 0. The quantitative estimate of drug-likeness (QED) is 0.943. The van der Waals surface area contributed by atoms with E-state index in [0.717, 1.165) is 48.2 Å². The number of benzene rings is 1. The fourth-order valence-corrected chi connectivity index (χ4v) is 3.48. The molecule has 5 heteroatoms. The Hall–Kier alpha value is -2.14. The van der Waals surface area contributed by atoms with E-state index < -0.39 is 5.91 Å². The van der Waals surface area contributed by atoms with Crippen molar-refractivity contribution in [1.82, 2.24) is 9.88 Å². The molecule has 1 aromatic carbocycles. The number of carbonyl (C=O) groups is 1. The first-order chi connectivity index (χ1) is 11.0. The lowest BCUT2D eigenvalue weighted by Gasteiger charge is -2.36. The van der Waals surface area contributed by atoms with Crippen molar-refractivity contribution in [2.24, 2.45) is 5.73 Å². The average molecular weight is 312 g/mol. The molecule has 2 heterocycles. The van der Waals surface area contributed by atoms with Crippen molar-refractivity contribution >= 4 is 22.6 Å². The lowest BCUT2D eigenvalue weighted by molar-refractivity contribution is 0.1000. The molecule has 5 nitrogen and oxygen atoms in total. The van der Waals surface area contributed by atoms with Gasteiger partial charge in [-0.1, -0.05) is 18.2 Å². The molecule has 122 valence electrons. The second-order valence-corrected chi connectivity index (χ2v) is 6.50. The van der Waals surface area contributed by atoms with Gasteiger partial charge in [0.05, 0.1) is 11.1 Å². The minimum atomic E-state index is -0.398. The van der Waals surface area contributed by atoms with Crippen molar-refractivity contribution in [3.63, 3.8) is 0 Å². The topological polar surface area (TPSA) is 62.5 Å². The van der Waals surface area contributed by atoms with Crippen LogP contribution in [0.3, 0.4) is 0 Å². The number of pyridine rings is 1. The third kappa shape index (κ3) is 2.88. The van der Waals surface area contributed by atoms with Crippen LogP contribution in [-0.2, 0) is 0 Å². The van der Waals surface area contributed by atoms with Crippen LogP contribution in [0, 0.1) is 6.92 Å². The number of carbonyl (C=O) groups excluding carboxylic acids is 1. The highest BCUT2D eigenvalue weighted by Gasteiger charge is 2.26. The first kappa shape index (κ1) is 15.7. The van der Waals surface area contributed by atoms with E-state index in [1.54, 1.807) is 0 Å². The molecule has 0 unspecified atom stereocenters. The van der Waals surface area contributed by atoms with Crippen molar-refractivity contribution in [2.45, 2.75) is 25.8 Å². The number of anilines is 1. The fraction of sp³-hybridized carbons (Fsp3) is 0.444. The van der Waals surface area contributed by atoms with Crippen LogP contribution >= 0.6 is 0 Å². The molecule has 0 bridgehead atoms. The van der Waals surface area contributed by atoms with E-state index in [-0.39, 0.29) is 0 Å². The van der Waals surface area contributed by atoms with Crippen LogP contribution in [0.5, 0.6) is 0 Å². The Balaban J connectivity index is 2.03. The standard InChI is InChI=1S/C18H24N4O/c1-12-14-6-4-5-7-15(14)20-18(16(12)17(19)23)22-10-8-13(9-11-22)21(2)3/h4-7,13H,8-11H2,1-3H3,(H2,19,23). The van der Waals surface area contributed by atoms with Crippen LogP contribution in [0.4, 0.5) is 5.82 Å². The molecule has 1 saturated heterocycles. The van der Waals surface area contributed by atoms with Crippen LogP contribution in [0.15, 0.2) is 24.3 Å². The summed E-state index contributed by atoms with van der Waals surface area (Å²) in [5.74, 6) is 0.344. The first-order valence-corrected chi connectivity index (χ1v) is 8.09. The Kier molecular flexibility index (Phi) is 4.22. The molecule has 0 radical (unpaired) electrons. The monoisotopic (exact) mass is 312 g/mol. The second kappa shape index (κ2) is 6.16. The summed E-state index contributed by atoms with van der Waals surface area (Å²) in [7, 11) is 4.24. The molecule has 0 saturated carbocycles. The molecular weight excluding hydrogens is 288 g/mol. The number of para-hydroxylation sites is 1. The van der Waals surface area contributed by atoms with Crippen molar-refractivity contribution in [3.05, 3.63) is 35.4 Å². The Labute approximate surface area is 137 Å². The predicted octanol–water partition coefficient (Wildman–Crippen LogP) is 2.17. The zero-order chi connectivity index (χ0) is 16.6. The summed E-state index contributed by atoms with van der Waals surface area (Å²) in [5, 5.41) is 0.994. The van der Waals surface area contributed by atoms with Gasteiger partial charge in [0, 0.05) is 24.5 Å². The van der Waals surface area contributed by atoms with Crippen molar-refractivity contribution in [2.75, 3.05) is 32.1 Å². The number of nitrogens with two attached hydrogens (primary N) is 1. The van der Waals surface area contributed by atoms with Crippen LogP contribution in [-0.4, -0.2) is 49.0 Å². The van der Waals surface area contributed by atoms with Crippen molar-refractivity contribution in [1.29, 1.82) is 0 Å². The molecule has 0 aliphatic carbocycles. The third-order valence-electron chi connectivity index (χ3n) is 4.87. The molecule has 1 aliphatic heterocycles. The van der Waals surface area contributed by atoms with Gasteiger partial charge in [0.1, 0.15) is 5.82 Å². The maximum absolute atomic E-state index is 12.0. The number of piperidine rings is 1. The number of amides is 1. The van der Waals surface area contributed by atoms with Crippen LogP contribution in [0.2, 0.25) is 0 Å². The summed E-state index contributed by atoms with van der Waals surface area (Å²) < 4.78 is 0. The first-order valence-electron chi connectivity index (χ1n) is 8.09. The number of fused-ring (bicyclic) bond motifs is 1. The van der Waals surface area contributed by atoms with Crippen LogP contribution in [0.25, 0.3) is 10.9 Å². The van der Waals surface area contributed by atoms with Gasteiger partial charge in [0.25, 0.3) is 5.91 Å². The number of aromatic nitrogens is 1. The lowest BCUT2D eigenvalue weighted by Crippen LogP contribution is -2.43. The maximum Gasteiger partial charge on any atom is 0.252 e. The largest absolute Gasteiger partial charge is 0.365 e. The highest BCUT2D eigenvalue weighted by atomic mass is 16.1. The van der Waals surface area contributed by atoms with Gasteiger partial charge in [-0.05, 0) is 45.5 Å². The molecule has 3 rings (SSSR count). The maximum atomic E-state index is 12.0. The van der Waals surface area contributed by atoms with E-state index in [1.165, 1.54) is 0 Å². The van der Waals surface area contributed by atoms with Gasteiger partial charge in [0.2, 0.25) is 0 Å². The number of rotatable bonds is 3. The normalized spacial score (nSPS) is 16.3. The predicted molar refractivity (Wildman–Crippen MR) is 93.9 cm³/mol. The summed E-state index contributed by atoms with van der Waals surface area (Å²) in [5.41, 5.74) is 8.08. The van der Waals surface area contributed by atoms with E-state index >= 15 is 0 Å². The molecule has 0 spiro atoms. The molecule has 2 N–H and O–H groups in total. The summed E-state index contributed by atoms with van der Waals surface area (Å²) in [4.78, 5) is 21.3. The zero-order valence-corrected chi connectivity index (χ0v) is 14.0. The minimum Gasteiger partial charge on any atom is -0.365 e. The molecular formula is C18H24N4O. The van der Waals surface area contributed by atoms with E-state index in [2.05, 4.69) is 23.9 Å². The van der Waals surface area contributed by atoms with Gasteiger partial charge in [-0.15, -0.1) is 0 Å². The van der Waals surface area contributed by atoms with Gasteiger partial charge in [0.15, 0.2) is 0 Å². The Morgan fingerprint density at radius 3 is 2.52 bits per heavy atom. The van der Waals surface area contributed by atoms with E-state index in [9.17, 15) is 4.79 Å². The number of nitrogens with zero attached hydrogens (tertiary/aromatic N) is 3. The Morgan fingerprint density at radius 2 is 1.91 bits per heavy atom. The highest BCUT2D eigenvalue weighted by Crippen LogP contribution is 2.30. The van der Waals surface area contributed by atoms with Gasteiger partial charge in [-0.25, -0.2) is 4.98 Å². The third-order valence-corrected chi connectivity index (χ3v) is 4.87. The molecule has 2 aromatic rings.